The van der Waals surface area contributed by atoms with E-state index in [0.717, 1.165) is 0 Å². The van der Waals surface area contributed by atoms with E-state index in [9.17, 15) is 0 Å². The molecule has 0 amide bonds. The molecule has 0 fully saturated rings. The van der Waals surface area contributed by atoms with E-state index in [4.69, 9.17) is 0 Å². The Balaban J connectivity index is 1.79. The van der Waals surface area contributed by atoms with Crippen LogP contribution in [0.4, 0.5) is 0 Å². The van der Waals surface area contributed by atoms with Crippen molar-refractivity contribution in [2.75, 3.05) is 0 Å². The Morgan fingerprint density at radius 2 is 2.00 bits per heavy atom. The second kappa shape index (κ2) is 4.46. The molecule has 2 aliphatic rings. The Morgan fingerprint density at radius 1 is 1.06 bits per heavy atom. The number of nitrogens with zero attached hydrogens (tertiary/aromatic N) is 1. The highest BCUT2D eigenvalue weighted by molar-refractivity contribution is 7.10. The van der Waals surface area contributed by atoms with Crippen molar-refractivity contribution in [1.82, 2.24) is 4.98 Å². The largest absolute Gasteiger partial charge is 0.249 e. The molecule has 3 heteroatoms. The first-order chi connectivity index (χ1) is 8.93. The van der Waals surface area contributed by atoms with Crippen molar-refractivity contribution in [1.29, 1.82) is 0 Å². The highest BCUT2D eigenvalue weighted by Gasteiger charge is 2.28. The summed E-state index contributed by atoms with van der Waals surface area (Å²) < 4.78 is 0. The maximum absolute atomic E-state index is 4.55. The van der Waals surface area contributed by atoms with Crippen molar-refractivity contribution in [2.24, 2.45) is 0 Å². The molecule has 94 valence electrons. The minimum absolute atomic E-state index is 0.666. The van der Waals surface area contributed by atoms with Gasteiger partial charge in [-0.25, -0.2) is 4.98 Å². The zero-order chi connectivity index (χ0) is 11.9. The van der Waals surface area contributed by atoms with Gasteiger partial charge in [-0.15, -0.1) is 22.7 Å². The molecule has 0 saturated heterocycles. The van der Waals surface area contributed by atoms with Gasteiger partial charge in [0, 0.05) is 15.7 Å². The first-order valence-corrected chi connectivity index (χ1v) is 8.71. The van der Waals surface area contributed by atoms with Crippen molar-refractivity contribution in [3.63, 3.8) is 0 Å². The van der Waals surface area contributed by atoms with Gasteiger partial charge in [0.2, 0.25) is 0 Å². The standard InChI is InChI=1S/C15H17NS2/c1-2-7-14-10(4-1)12(8-17-14)11-5-3-6-13-15(11)18-9-16-13/h8-9,11H,1-7H2. The van der Waals surface area contributed by atoms with Crippen LogP contribution in [0.3, 0.4) is 0 Å². The zero-order valence-corrected chi connectivity index (χ0v) is 12.1. The monoisotopic (exact) mass is 275 g/mol. The summed E-state index contributed by atoms with van der Waals surface area (Å²) in [5.41, 5.74) is 6.78. The summed E-state index contributed by atoms with van der Waals surface area (Å²) in [6, 6.07) is 0. The molecule has 0 spiro atoms. The first-order valence-electron chi connectivity index (χ1n) is 6.95. The Bertz CT molecular complexity index is 567. The third-order valence-corrected chi connectivity index (χ3v) is 6.46. The third-order valence-electron chi connectivity index (χ3n) is 4.36. The van der Waals surface area contributed by atoms with Crippen LogP contribution in [0.1, 0.15) is 58.2 Å². The van der Waals surface area contributed by atoms with Crippen LogP contribution in [0.5, 0.6) is 0 Å². The molecule has 1 nitrogen and oxygen atoms in total. The Labute approximate surface area is 116 Å². The lowest BCUT2D eigenvalue weighted by atomic mass is 9.83. The Kier molecular flexibility index (Phi) is 2.77. The fourth-order valence-corrected chi connectivity index (χ4v) is 5.66. The van der Waals surface area contributed by atoms with Gasteiger partial charge in [-0.2, -0.15) is 0 Å². The molecule has 0 radical (unpaired) electrons. The van der Waals surface area contributed by atoms with Crippen LogP contribution in [-0.4, -0.2) is 4.98 Å². The normalized spacial score (nSPS) is 22.6. The minimum Gasteiger partial charge on any atom is -0.249 e. The lowest BCUT2D eigenvalue weighted by molar-refractivity contribution is 0.606. The summed E-state index contributed by atoms with van der Waals surface area (Å²) in [6.07, 6.45) is 9.26. The minimum atomic E-state index is 0.666. The molecule has 1 atom stereocenters. The third kappa shape index (κ3) is 1.68. The molecule has 0 aliphatic heterocycles. The van der Waals surface area contributed by atoms with Crippen molar-refractivity contribution in [3.05, 3.63) is 37.5 Å². The van der Waals surface area contributed by atoms with Crippen molar-refractivity contribution in [3.8, 4) is 0 Å². The van der Waals surface area contributed by atoms with E-state index in [0.29, 0.717) is 5.92 Å². The highest BCUT2D eigenvalue weighted by Crippen LogP contribution is 2.43. The van der Waals surface area contributed by atoms with Gasteiger partial charge in [-0.1, -0.05) is 0 Å². The summed E-state index contributed by atoms with van der Waals surface area (Å²) in [6.45, 7) is 0. The summed E-state index contributed by atoms with van der Waals surface area (Å²) >= 11 is 3.88. The van der Waals surface area contributed by atoms with Crippen LogP contribution in [0.15, 0.2) is 10.9 Å². The number of aryl methyl sites for hydroxylation is 2. The number of rotatable bonds is 1. The van der Waals surface area contributed by atoms with Crippen LogP contribution < -0.4 is 0 Å². The van der Waals surface area contributed by atoms with E-state index in [2.05, 4.69) is 10.4 Å². The molecule has 1 unspecified atom stereocenters. The van der Waals surface area contributed by atoms with Gasteiger partial charge in [0.15, 0.2) is 0 Å². The number of thiophene rings is 1. The molecule has 18 heavy (non-hydrogen) atoms. The van der Waals surface area contributed by atoms with Crippen molar-refractivity contribution < 1.29 is 0 Å². The smallest absolute Gasteiger partial charge is 0.0797 e. The van der Waals surface area contributed by atoms with Gasteiger partial charge in [0.1, 0.15) is 0 Å². The average Bonchev–Trinajstić information content (AvgIpc) is 3.05. The molecular weight excluding hydrogens is 258 g/mol. The summed E-state index contributed by atoms with van der Waals surface area (Å²) in [5.74, 6) is 0.666. The molecule has 0 bridgehead atoms. The second-order valence-corrected chi connectivity index (χ2v) is 7.26. The van der Waals surface area contributed by atoms with E-state index < -0.39 is 0 Å². The SMILES string of the molecule is c1nc2c(s1)C(c1csc3c1CCCC3)CCC2. The predicted octanol–water partition coefficient (Wildman–Crippen LogP) is 4.55. The lowest BCUT2D eigenvalue weighted by Crippen LogP contribution is -2.11. The van der Waals surface area contributed by atoms with Gasteiger partial charge in [-0.05, 0) is 61.5 Å². The van der Waals surface area contributed by atoms with Crippen LogP contribution >= 0.6 is 22.7 Å². The van der Waals surface area contributed by atoms with E-state index in [-0.39, 0.29) is 0 Å². The Hall–Kier alpha value is -0.670. The fourth-order valence-electron chi connectivity index (χ4n) is 3.46. The number of aromatic nitrogens is 1. The van der Waals surface area contributed by atoms with Gasteiger partial charge in [-0.3, -0.25) is 0 Å². The topological polar surface area (TPSA) is 12.9 Å². The van der Waals surface area contributed by atoms with E-state index in [1.165, 1.54) is 50.6 Å². The first kappa shape index (κ1) is 11.2. The average molecular weight is 275 g/mol. The van der Waals surface area contributed by atoms with Crippen LogP contribution in [0.25, 0.3) is 0 Å². The quantitative estimate of drug-likeness (QED) is 0.744. The van der Waals surface area contributed by atoms with Crippen molar-refractivity contribution in [2.45, 2.75) is 50.9 Å². The molecule has 0 aromatic carbocycles. The van der Waals surface area contributed by atoms with E-state index in [1.54, 1.807) is 20.9 Å². The molecule has 2 aromatic heterocycles. The molecule has 0 N–H and O–H groups in total. The molecular formula is C15H17NS2. The Morgan fingerprint density at radius 3 is 3.00 bits per heavy atom. The van der Waals surface area contributed by atoms with Crippen molar-refractivity contribution >= 4 is 22.7 Å². The predicted molar refractivity (Wildman–Crippen MR) is 77.9 cm³/mol. The fraction of sp³-hybridized carbons (Fsp3) is 0.533. The molecule has 2 aliphatic carbocycles. The molecule has 4 rings (SSSR count). The van der Waals surface area contributed by atoms with Crippen LogP contribution in [-0.2, 0) is 19.3 Å². The summed E-state index contributed by atoms with van der Waals surface area (Å²) in [4.78, 5) is 7.79. The zero-order valence-electron chi connectivity index (χ0n) is 10.4. The maximum Gasteiger partial charge on any atom is 0.0797 e. The number of thiazole rings is 1. The molecule has 2 aromatic rings. The number of hydrogen-bond acceptors (Lipinski definition) is 3. The number of hydrogen-bond donors (Lipinski definition) is 0. The van der Waals surface area contributed by atoms with Gasteiger partial charge in [0.05, 0.1) is 11.2 Å². The van der Waals surface area contributed by atoms with Gasteiger partial charge >= 0.3 is 0 Å². The molecule has 0 saturated carbocycles. The summed E-state index contributed by atoms with van der Waals surface area (Å²) in [7, 11) is 0. The van der Waals surface area contributed by atoms with Gasteiger partial charge < -0.3 is 0 Å². The molecule has 2 heterocycles. The van der Waals surface area contributed by atoms with Gasteiger partial charge in [0.25, 0.3) is 0 Å². The second-order valence-electron chi connectivity index (χ2n) is 5.41. The van der Waals surface area contributed by atoms with E-state index >= 15 is 0 Å². The van der Waals surface area contributed by atoms with Crippen LogP contribution in [0, 0.1) is 0 Å². The van der Waals surface area contributed by atoms with Crippen LogP contribution in [0.2, 0.25) is 0 Å². The number of fused-ring (bicyclic) bond motifs is 2. The summed E-state index contributed by atoms with van der Waals surface area (Å²) in [5, 5.41) is 2.45. The lowest BCUT2D eigenvalue weighted by Gasteiger charge is -2.23. The van der Waals surface area contributed by atoms with E-state index in [1.807, 2.05) is 28.2 Å². The maximum atomic E-state index is 4.55. The highest BCUT2D eigenvalue weighted by atomic mass is 32.1.